The maximum Gasteiger partial charge on any atom is 0.289 e. The third kappa shape index (κ3) is 7.50. The first-order valence-corrected chi connectivity index (χ1v) is 4.85. The molecule has 1 amide bonds. The zero-order valence-electron chi connectivity index (χ0n) is 9.39. The van der Waals surface area contributed by atoms with Crippen LogP contribution in [-0.4, -0.2) is 30.2 Å². The van der Waals surface area contributed by atoms with Gasteiger partial charge in [-0.05, 0) is 6.42 Å². The minimum absolute atomic E-state index is 0.386. The van der Waals surface area contributed by atoms with Crippen molar-refractivity contribution in [2.24, 2.45) is 0 Å². The number of unbranched alkanes of at least 4 members (excludes halogenated alkanes) is 1. The Bertz CT molecular complexity index is 155. The van der Waals surface area contributed by atoms with Gasteiger partial charge in [0.25, 0.3) is 5.91 Å². The Morgan fingerprint density at radius 1 is 1.23 bits per heavy atom. The van der Waals surface area contributed by atoms with Gasteiger partial charge in [0.15, 0.2) is 0 Å². The maximum atomic E-state index is 10.9. The summed E-state index contributed by atoms with van der Waals surface area (Å²) < 4.78 is 0. The van der Waals surface area contributed by atoms with Gasteiger partial charge in [-0.1, -0.05) is 27.2 Å². The lowest BCUT2D eigenvalue weighted by Crippen LogP contribution is -2.32. The highest BCUT2D eigenvalue weighted by atomic mass is 16.2. The number of rotatable bonds is 4. The summed E-state index contributed by atoms with van der Waals surface area (Å²) in [5.41, 5.74) is 0. The van der Waals surface area contributed by atoms with E-state index in [4.69, 9.17) is 0 Å². The van der Waals surface area contributed by atoms with Crippen molar-refractivity contribution in [2.45, 2.75) is 40.5 Å². The van der Waals surface area contributed by atoms with Gasteiger partial charge in [0, 0.05) is 20.5 Å². The van der Waals surface area contributed by atoms with Crippen molar-refractivity contribution < 1.29 is 9.59 Å². The molecule has 3 nitrogen and oxygen atoms in total. The lowest BCUT2D eigenvalue weighted by atomic mass is 10.3. The van der Waals surface area contributed by atoms with Crippen LogP contribution in [0.3, 0.4) is 0 Å². The van der Waals surface area contributed by atoms with Crippen molar-refractivity contribution >= 4 is 11.7 Å². The van der Waals surface area contributed by atoms with Gasteiger partial charge >= 0.3 is 0 Å². The van der Waals surface area contributed by atoms with Crippen LogP contribution in [0.25, 0.3) is 0 Å². The fourth-order valence-corrected chi connectivity index (χ4v) is 0.766. The first-order chi connectivity index (χ1) is 6.09. The molecule has 0 aliphatic carbocycles. The van der Waals surface area contributed by atoms with E-state index in [1.165, 1.54) is 11.8 Å². The second kappa shape index (κ2) is 9.23. The molecule has 0 heterocycles. The molecule has 0 atom stereocenters. The van der Waals surface area contributed by atoms with E-state index in [2.05, 4.69) is 0 Å². The summed E-state index contributed by atoms with van der Waals surface area (Å²) in [5.74, 6) is -0.776. The molecule has 0 bridgehead atoms. The molecule has 0 aromatic carbocycles. The number of nitrogens with zero attached hydrogens (tertiary/aromatic N) is 1. The number of carbonyl (C=O) groups excluding carboxylic acids is 2. The third-order valence-corrected chi connectivity index (χ3v) is 1.49. The van der Waals surface area contributed by atoms with Crippen molar-refractivity contribution in [3.8, 4) is 0 Å². The summed E-state index contributed by atoms with van der Waals surface area (Å²) in [6.07, 6.45) is 1.99. The highest BCUT2D eigenvalue weighted by molar-refractivity contribution is 6.34. The zero-order chi connectivity index (χ0) is 10.9. The Balaban J connectivity index is 0. The van der Waals surface area contributed by atoms with Gasteiger partial charge < -0.3 is 4.90 Å². The predicted molar refractivity (Wildman–Crippen MR) is 54.6 cm³/mol. The van der Waals surface area contributed by atoms with Crippen LogP contribution in [0, 0.1) is 0 Å². The SMILES string of the molecule is CC.CCCCN(C)C(=O)C(C)=O. The monoisotopic (exact) mass is 187 g/mol. The van der Waals surface area contributed by atoms with Gasteiger partial charge in [0.1, 0.15) is 0 Å². The number of hydrogen-bond donors (Lipinski definition) is 0. The predicted octanol–water partition coefficient (Wildman–Crippen LogP) is 1.86. The first kappa shape index (κ1) is 14.7. The zero-order valence-corrected chi connectivity index (χ0v) is 9.39. The number of likely N-dealkylation sites (N-methyl/N-ethyl adjacent to an activating group) is 1. The maximum absolute atomic E-state index is 10.9. The lowest BCUT2D eigenvalue weighted by Gasteiger charge is -2.13. The van der Waals surface area contributed by atoms with Crippen LogP contribution in [-0.2, 0) is 9.59 Å². The van der Waals surface area contributed by atoms with Crippen LogP contribution >= 0.6 is 0 Å². The average molecular weight is 187 g/mol. The fourth-order valence-electron chi connectivity index (χ4n) is 0.766. The van der Waals surface area contributed by atoms with E-state index in [0.717, 1.165) is 12.8 Å². The highest BCUT2D eigenvalue weighted by Gasteiger charge is 2.11. The van der Waals surface area contributed by atoms with Crippen LogP contribution in [0.15, 0.2) is 0 Å². The largest absolute Gasteiger partial charge is 0.339 e. The number of carbonyl (C=O) groups is 2. The van der Waals surface area contributed by atoms with Gasteiger partial charge in [0.2, 0.25) is 5.78 Å². The van der Waals surface area contributed by atoms with Crippen molar-refractivity contribution in [1.29, 1.82) is 0 Å². The minimum atomic E-state index is -0.390. The van der Waals surface area contributed by atoms with E-state index >= 15 is 0 Å². The minimum Gasteiger partial charge on any atom is -0.339 e. The van der Waals surface area contributed by atoms with E-state index in [9.17, 15) is 9.59 Å². The van der Waals surface area contributed by atoms with E-state index in [0.29, 0.717) is 6.54 Å². The standard InChI is InChI=1S/C8H15NO2.C2H6/c1-4-5-6-9(3)8(11)7(2)10;1-2/h4-6H2,1-3H3;1-2H3. The van der Waals surface area contributed by atoms with E-state index in [1.54, 1.807) is 7.05 Å². The molecule has 0 spiro atoms. The molecule has 0 saturated heterocycles. The average Bonchev–Trinajstić information content (AvgIpc) is 2.16. The molecule has 0 saturated carbocycles. The van der Waals surface area contributed by atoms with E-state index in [1.807, 2.05) is 20.8 Å². The van der Waals surface area contributed by atoms with Gasteiger partial charge in [-0.15, -0.1) is 0 Å². The molecule has 0 aromatic rings. The van der Waals surface area contributed by atoms with Gasteiger partial charge in [0.05, 0.1) is 0 Å². The van der Waals surface area contributed by atoms with Gasteiger partial charge in [-0.25, -0.2) is 0 Å². The van der Waals surface area contributed by atoms with Crippen molar-refractivity contribution in [3.05, 3.63) is 0 Å². The molecule has 13 heavy (non-hydrogen) atoms. The number of amides is 1. The summed E-state index contributed by atoms with van der Waals surface area (Å²) in [4.78, 5) is 22.9. The van der Waals surface area contributed by atoms with Crippen LogP contribution in [0.2, 0.25) is 0 Å². The van der Waals surface area contributed by atoms with Crippen LogP contribution in [0.1, 0.15) is 40.5 Å². The molecule has 0 aliphatic heterocycles. The molecule has 0 N–H and O–H groups in total. The quantitative estimate of drug-likeness (QED) is 0.630. The second-order valence-corrected chi connectivity index (χ2v) is 2.64. The summed E-state index contributed by atoms with van der Waals surface area (Å²) in [7, 11) is 1.65. The molecule has 0 aromatic heterocycles. The molecule has 3 heteroatoms. The number of Topliss-reactive ketones (excluding diaryl/α,β-unsaturated/α-hetero) is 1. The number of hydrogen-bond acceptors (Lipinski definition) is 2. The van der Waals surface area contributed by atoms with Crippen LogP contribution in [0.4, 0.5) is 0 Å². The molecule has 0 rings (SSSR count). The van der Waals surface area contributed by atoms with E-state index in [-0.39, 0.29) is 5.78 Å². The Kier molecular flexibility index (Phi) is 10.4. The third-order valence-electron chi connectivity index (χ3n) is 1.49. The topological polar surface area (TPSA) is 37.4 Å². The van der Waals surface area contributed by atoms with Crippen LogP contribution < -0.4 is 0 Å². The summed E-state index contributed by atoms with van der Waals surface area (Å²) >= 11 is 0. The molecule has 78 valence electrons. The molecule has 0 radical (unpaired) electrons. The van der Waals surface area contributed by atoms with Crippen molar-refractivity contribution in [3.63, 3.8) is 0 Å². The Morgan fingerprint density at radius 3 is 2.00 bits per heavy atom. The van der Waals surface area contributed by atoms with Crippen molar-refractivity contribution in [1.82, 2.24) is 4.90 Å². The molecular weight excluding hydrogens is 166 g/mol. The van der Waals surface area contributed by atoms with Crippen LogP contribution in [0.5, 0.6) is 0 Å². The van der Waals surface area contributed by atoms with E-state index < -0.39 is 5.91 Å². The lowest BCUT2D eigenvalue weighted by molar-refractivity contribution is -0.142. The molecular formula is C10H21NO2. The normalized spacial score (nSPS) is 8.38. The Hall–Kier alpha value is -0.860. The van der Waals surface area contributed by atoms with Gasteiger partial charge in [-0.2, -0.15) is 0 Å². The van der Waals surface area contributed by atoms with Gasteiger partial charge in [-0.3, -0.25) is 9.59 Å². The molecule has 0 fully saturated rings. The Labute approximate surface area is 81.1 Å². The first-order valence-electron chi connectivity index (χ1n) is 4.85. The molecule has 0 aliphatic rings. The highest BCUT2D eigenvalue weighted by Crippen LogP contribution is 1.92. The summed E-state index contributed by atoms with van der Waals surface area (Å²) in [6, 6.07) is 0. The summed E-state index contributed by atoms with van der Waals surface area (Å²) in [5, 5.41) is 0. The Morgan fingerprint density at radius 2 is 1.69 bits per heavy atom. The second-order valence-electron chi connectivity index (χ2n) is 2.64. The number of ketones is 1. The van der Waals surface area contributed by atoms with Crippen molar-refractivity contribution in [2.75, 3.05) is 13.6 Å². The molecule has 0 unspecified atom stereocenters. The summed E-state index contributed by atoms with van der Waals surface area (Å²) in [6.45, 7) is 8.02. The smallest absolute Gasteiger partial charge is 0.289 e. The fraction of sp³-hybridized carbons (Fsp3) is 0.800.